The Morgan fingerprint density at radius 2 is 2.05 bits per heavy atom. The van der Waals surface area contributed by atoms with Crippen LogP contribution >= 0.6 is 11.8 Å². The fraction of sp³-hybridized carbons (Fsp3) is 0.750. The minimum Gasteiger partial charge on any atom is -0.394 e. The Balaban J connectivity index is 1.78. The van der Waals surface area contributed by atoms with E-state index in [0.29, 0.717) is 5.25 Å². The molecule has 2 unspecified atom stereocenters. The normalized spacial score (nSPS) is 26.3. The molecule has 3 rings (SSSR count). The zero-order valence-electron chi connectivity index (χ0n) is 13.3. The van der Waals surface area contributed by atoms with Crippen LogP contribution in [0.2, 0.25) is 0 Å². The van der Waals surface area contributed by atoms with E-state index < -0.39 is 0 Å². The fourth-order valence-electron chi connectivity index (χ4n) is 3.50. The van der Waals surface area contributed by atoms with Gasteiger partial charge >= 0.3 is 0 Å². The lowest BCUT2D eigenvalue weighted by atomic mass is 10.2. The molecular formula is C16H26N4OS. The first kappa shape index (κ1) is 15.9. The number of aliphatic hydroxyl groups excluding tert-OH is 1. The van der Waals surface area contributed by atoms with E-state index in [1.54, 1.807) is 6.33 Å². The van der Waals surface area contributed by atoms with E-state index >= 15 is 0 Å². The molecule has 1 aromatic heterocycles. The number of nitrogens with zero attached hydrogens (tertiary/aromatic N) is 4. The summed E-state index contributed by atoms with van der Waals surface area (Å²) in [7, 11) is 0. The Morgan fingerprint density at radius 1 is 1.18 bits per heavy atom. The van der Waals surface area contributed by atoms with Gasteiger partial charge in [0.25, 0.3) is 0 Å². The molecule has 2 saturated heterocycles. The molecule has 6 heteroatoms. The van der Waals surface area contributed by atoms with E-state index in [2.05, 4.69) is 32.1 Å². The van der Waals surface area contributed by atoms with Gasteiger partial charge in [-0.2, -0.15) is 11.8 Å². The van der Waals surface area contributed by atoms with E-state index in [9.17, 15) is 5.11 Å². The second-order valence-corrected chi connectivity index (χ2v) is 7.34. The predicted octanol–water partition coefficient (Wildman–Crippen LogP) is 2.16. The van der Waals surface area contributed by atoms with Gasteiger partial charge in [-0.3, -0.25) is 0 Å². The van der Waals surface area contributed by atoms with Crippen LogP contribution in [0.1, 0.15) is 32.1 Å². The summed E-state index contributed by atoms with van der Waals surface area (Å²) < 4.78 is 0. The highest BCUT2D eigenvalue weighted by molar-refractivity contribution is 7.99. The van der Waals surface area contributed by atoms with E-state index in [1.165, 1.54) is 19.3 Å². The van der Waals surface area contributed by atoms with Crippen LogP contribution < -0.4 is 9.80 Å². The molecule has 1 N–H and O–H groups in total. The maximum absolute atomic E-state index is 9.52. The Hall–Kier alpha value is -1.01. The number of aliphatic hydroxyl groups is 1. The molecule has 3 heterocycles. The number of rotatable bonds is 4. The van der Waals surface area contributed by atoms with Crippen LogP contribution in [-0.4, -0.2) is 58.9 Å². The van der Waals surface area contributed by atoms with Crippen LogP contribution in [-0.2, 0) is 0 Å². The molecule has 5 nitrogen and oxygen atoms in total. The van der Waals surface area contributed by atoms with Crippen molar-refractivity contribution in [2.24, 2.45) is 0 Å². The van der Waals surface area contributed by atoms with Gasteiger partial charge in [0.2, 0.25) is 0 Å². The molecule has 2 fully saturated rings. The van der Waals surface area contributed by atoms with Gasteiger partial charge in [0.15, 0.2) is 0 Å². The minimum absolute atomic E-state index is 0.206. The predicted molar refractivity (Wildman–Crippen MR) is 92.9 cm³/mol. The van der Waals surface area contributed by atoms with Gasteiger partial charge in [0.05, 0.1) is 12.6 Å². The van der Waals surface area contributed by atoms with E-state index in [4.69, 9.17) is 0 Å². The van der Waals surface area contributed by atoms with Crippen molar-refractivity contribution in [2.45, 2.75) is 43.4 Å². The number of thioether (sulfide) groups is 1. The van der Waals surface area contributed by atoms with Gasteiger partial charge in [0.1, 0.15) is 18.0 Å². The Kier molecular flexibility index (Phi) is 5.41. The molecule has 2 atom stereocenters. The van der Waals surface area contributed by atoms with Gasteiger partial charge in [-0.15, -0.1) is 0 Å². The van der Waals surface area contributed by atoms with Gasteiger partial charge in [-0.1, -0.05) is 6.42 Å². The molecule has 0 radical (unpaired) electrons. The van der Waals surface area contributed by atoms with Crippen molar-refractivity contribution in [1.82, 2.24) is 9.97 Å². The quantitative estimate of drug-likeness (QED) is 0.917. The van der Waals surface area contributed by atoms with Crippen molar-refractivity contribution in [3.05, 3.63) is 12.4 Å². The molecule has 0 aromatic carbocycles. The number of hydrogen-bond acceptors (Lipinski definition) is 6. The van der Waals surface area contributed by atoms with Crippen molar-refractivity contribution in [3.63, 3.8) is 0 Å². The smallest absolute Gasteiger partial charge is 0.134 e. The van der Waals surface area contributed by atoms with Gasteiger partial charge in [-0.05, 0) is 31.9 Å². The average Bonchev–Trinajstić information content (AvgIpc) is 2.91. The van der Waals surface area contributed by atoms with E-state index in [-0.39, 0.29) is 12.6 Å². The lowest BCUT2D eigenvalue weighted by Crippen LogP contribution is -2.34. The molecule has 0 amide bonds. The highest BCUT2D eigenvalue weighted by atomic mass is 32.2. The maximum atomic E-state index is 9.52. The number of aromatic nitrogens is 2. The van der Waals surface area contributed by atoms with Crippen molar-refractivity contribution in [3.8, 4) is 0 Å². The Labute approximate surface area is 137 Å². The monoisotopic (exact) mass is 322 g/mol. The van der Waals surface area contributed by atoms with E-state index in [1.807, 2.05) is 11.8 Å². The third-order valence-electron chi connectivity index (χ3n) is 4.81. The molecule has 2 aliphatic heterocycles. The van der Waals surface area contributed by atoms with Crippen LogP contribution in [0.3, 0.4) is 0 Å². The lowest BCUT2D eigenvalue weighted by Gasteiger charge is -2.27. The molecule has 0 bridgehead atoms. The summed E-state index contributed by atoms with van der Waals surface area (Å²) in [5.41, 5.74) is 0. The summed E-state index contributed by atoms with van der Waals surface area (Å²) in [5.74, 6) is 2.00. The molecule has 122 valence electrons. The van der Waals surface area contributed by atoms with Crippen LogP contribution in [0.5, 0.6) is 0 Å². The topological polar surface area (TPSA) is 52.5 Å². The largest absolute Gasteiger partial charge is 0.394 e. The first-order valence-corrected chi connectivity index (χ1v) is 9.58. The van der Waals surface area contributed by atoms with Crippen molar-refractivity contribution in [2.75, 3.05) is 42.3 Å². The molecule has 1 aromatic rings. The van der Waals surface area contributed by atoms with Crippen LogP contribution in [0.4, 0.5) is 11.6 Å². The third-order valence-corrected chi connectivity index (χ3v) is 5.86. The first-order valence-electron chi connectivity index (χ1n) is 8.29. The summed E-state index contributed by atoms with van der Waals surface area (Å²) in [6, 6.07) is 2.32. The van der Waals surface area contributed by atoms with Gasteiger partial charge in [-0.25, -0.2) is 9.97 Å². The summed E-state index contributed by atoms with van der Waals surface area (Å²) in [4.78, 5) is 13.6. The molecule has 22 heavy (non-hydrogen) atoms. The zero-order valence-corrected chi connectivity index (χ0v) is 14.1. The Bertz CT molecular complexity index is 487. The summed E-state index contributed by atoms with van der Waals surface area (Å²) in [5, 5.41) is 10.2. The van der Waals surface area contributed by atoms with Crippen LogP contribution in [0, 0.1) is 0 Å². The molecule has 0 saturated carbocycles. The standard InChI is InChI=1S/C16H26N4OS/c1-22-14-6-2-3-7-19(10-14)15-9-16(18-12-17-15)20-8-4-5-13(20)11-21/h9,12-14,21H,2-8,10-11H2,1H3. The lowest BCUT2D eigenvalue weighted by molar-refractivity contribution is 0.266. The van der Waals surface area contributed by atoms with Crippen LogP contribution in [0.15, 0.2) is 12.4 Å². The van der Waals surface area contributed by atoms with Crippen molar-refractivity contribution < 1.29 is 5.11 Å². The SMILES string of the molecule is CSC1CCCCN(c2cc(N3CCCC3CO)ncn2)C1. The fourth-order valence-corrected chi connectivity index (χ4v) is 4.23. The van der Waals surface area contributed by atoms with Crippen molar-refractivity contribution >= 4 is 23.4 Å². The Morgan fingerprint density at radius 3 is 2.86 bits per heavy atom. The molecule has 0 spiro atoms. The number of anilines is 2. The van der Waals surface area contributed by atoms with Gasteiger partial charge in [0, 0.05) is 31.0 Å². The second kappa shape index (κ2) is 7.51. The first-order chi connectivity index (χ1) is 10.8. The average molecular weight is 322 g/mol. The number of hydrogen-bond donors (Lipinski definition) is 1. The zero-order chi connectivity index (χ0) is 15.4. The third kappa shape index (κ3) is 3.49. The summed E-state index contributed by atoms with van der Waals surface area (Å²) in [6.07, 6.45) is 9.90. The molecule has 2 aliphatic rings. The van der Waals surface area contributed by atoms with E-state index in [0.717, 1.165) is 44.1 Å². The van der Waals surface area contributed by atoms with Crippen molar-refractivity contribution in [1.29, 1.82) is 0 Å². The van der Waals surface area contributed by atoms with Gasteiger partial charge < -0.3 is 14.9 Å². The maximum Gasteiger partial charge on any atom is 0.134 e. The second-order valence-electron chi connectivity index (χ2n) is 6.21. The molecular weight excluding hydrogens is 296 g/mol. The molecule has 0 aliphatic carbocycles. The highest BCUT2D eigenvalue weighted by Crippen LogP contribution is 2.28. The summed E-state index contributed by atoms with van der Waals surface area (Å²) >= 11 is 1.96. The summed E-state index contributed by atoms with van der Waals surface area (Å²) in [6.45, 7) is 3.34. The van der Waals surface area contributed by atoms with Crippen LogP contribution in [0.25, 0.3) is 0 Å². The minimum atomic E-state index is 0.206. The highest BCUT2D eigenvalue weighted by Gasteiger charge is 2.26.